The van der Waals surface area contributed by atoms with Crippen LogP contribution in [0.2, 0.25) is 0 Å². The number of hydrogen-bond donors (Lipinski definition) is 1. The Balaban J connectivity index is 1.72. The van der Waals surface area contributed by atoms with Gasteiger partial charge in [-0.1, -0.05) is 57.9 Å². The fourth-order valence-electron chi connectivity index (χ4n) is 5.78. The van der Waals surface area contributed by atoms with Crippen molar-refractivity contribution in [2.45, 2.75) is 129 Å². The number of carboxylic acid groups (broad SMARTS) is 1. The highest BCUT2D eigenvalue weighted by molar-refractivity contribution is 5.85. The average Bonchev–Trinajstić information content (AvgIpc) is 3.23. The van der Waals surface area contributed by atoms with Crippen LogP contribution >= 0.6 is 0 Å². The molecule has 7 nitrogen and oxygen atoms in total. The predicted molar refractivity (Wildman–Crippen MR) is 151 cm³/mol. The van der Waals surface area contributed by atoms with Gasteiger partial charge in [-0.15, -0.1) is 0 Å². The highest BCUT2D eigenvalue weighted by Gasteiger charge is 2.42. The molecule has 222 valence electrons. The van der Waals surface area contributed by atoms with Crippen LogP contribution in [0.3, 0.4) is 0 Å². The number of carboxylic acids is 1. The summed E-state index contributed by atoms with van der Waals surface area (Å²) < 4.78 is 24.7. The second-order valence-electron chi connectivity index (χ2n) is 11.7. The summed E-state index contributed by atoms with van der Waals surface area (Å²) in [6.07, 6.45) is 19.5. The van der Waals surface area contributed by atoms with E-state index in [4.69, 9.17) is 24.1 Å². The van der Waals surface area contributed by atoms with Crippen molar-refractivity contribution in [1.82, 2.24) is 0 Å². The maximum atomic E-state index is 13.2. The monoisotopic (exact) mass is 548 g/mol. The van der Waals surface area contributed by atoms with Gasteiger partial charge in [-0.2, -0.15) is 0 Å². The topological polar surface area (TPSA) is 91.3 Å². The summed E-state index contributed by atoms with van der Waals surface area (Å²) in [6, 6.07) is 0. The zero-order valence-electron chi connectivity index (χ0n) is 24.4. The summed E-state index contributed by atoms with van der Waals surface area (Å²) in [4.78, 5) is 24.3. The van der Waals surface area contributed by atoms with Crippen molar-refractivity contribution in [2.24, 2.45) is 23.7 Å². The van der Waals surface area contributed by atoms with Gasteiger partial charge in [0, 0.05) is 31.5 Å². The minimum atomic E-state index is -0.770. The Morgan fingerprint density at radius 1 is 1.05 bits per heavy atom. The zero-order valence-corrected chi connectivity index (χ0v) is 24.4. The van der Waals surface area contributed by atoms with Gasteiger partial charge in [0.2, 0.25) is 0 Å². The first kappa shape index (κ1) is 32.0. The Morgan fingerprint density at radius 3 is 2.41 bits per heavy atom. The molecule has 39 heavy (non-hydrogen) atoms. The lowest BCUT2D eigenvalue weighted by Gasteiger charge is -2.31. The van der Waals surface area contributed by atoms with Crippen molar-refractivity contribution in [3.63, 3.8) is 0 Å². The molecular weight excluding hydrogens is 496 g/mol. The summed E-state index contributed by atoms with van der Waals surface area (Å²) >= 11 is 0. The van der Waals surface area contributed by atoms with E-state index in [0.717, 1.165) is 64.4 Å². The minimum Gasteiger partial charge on any atom is -0.481 e. The van der Waals surface area contributed by atoms with Crippen LogP contribution in [0.1, 0.15) is 104 Å². The van der Waals surface area contributed by atoms with Gasteiger partial charge in [0.05, 0.1) is 18.1 Å². The van der Waals surface area contributed by atoms with Gasteiger partial charge in [-0.25, -0.2) is 0 Å². The normalized spacial score (nSPS) is 30.6. The Hall–Kier alpha value is -1.54. The molecule has 0 amide bonds. The van der Waals surface area contributed by atoms with Gasteiger partial charge in [0.25, 0.3) is 0 Å². The lowest BCUT2D eigenvalue weighted by Crippen LogP contribution is -2.32. The third kappa shape index (κ3) is 10.8. The number of hydrogen-bond acceptors (Lipinski definition) is 6. The van der Waals surface area contributed by atoms with Crippen LogP contribution in [0, 0.1) is 23.7 Å². The van der Waals surface area contributed by atoms with Crippen LogP contribution in [-0.2, 0) is 28.5 Å². The van der Waals surface area contributed by atoms with Crippen LogP contribution < -0.4 is 0 Å². The molecule has 1 N–H and O–H groups in total. The van der Waals surface area contributed by atoms with Crippen LogP contribution in [-0.4, -0.2) is 54.9 Å². The summed E-state index contributed by atoms with van der Waals surface area (Å²) in [5.41, 5.74) is 0. The molecule has 0 radical (unpaired) electrons. The van der Waals surface area contributed by atoms with Gasteiger partial charge in [-0.3, -0.25) is 9.59 Å². The second kappa shape index (κ2) is 17.3. The zero-order chi connectivity index (χ0) is 28.0. The maximum absolute atomic E-state index is 13.2. The molecule has 7 heteroatoms. The van der Waals surface area contributed by atoms with Crippen LogP contribution in [0.5, 0.6) is 0 Å². The summed E-state index contributed by atoms with van der Waals surface area (Å²) in [6.45, 7) is 7.64. The van der Waals surface area contributed by atoms with Crippen molar-refractivity contribution in [3.05, 3.63) is 24.3 Å². The van der Waals surface area contributed by atoms with Gasteiger partial charge >= 0.3 is 5.97 Å². The average molecular weight is 549 g/mol. The van der Waals surface area contributed by atoms with Crippen molar-refractivity contribution in [2.75, 3.05) is 13.2 Å². The molecule has 2 aliphatic heterocycles. The third-order valence-electron chi connectivity index (χ3n) is 8.46. The van der Waals surface area contributed by atoms with E-state index < -0.39 is 5.97 Å². The number of aliphatic carboxylic acids is 1. The fourth-order valence-corrected chi connectivity index (χ4v) is 5.78. The molecule has 0 aromatic heterocycles. The molecule has 2 heterocycles. The van der Waals surface area contributed by atoms with E-state index >= 15 is 0 Å². The molecule has 0 aromatic carbocycles. The van der Waals surface area contributed by atoms with E-state index in [1.54, 1.807) is 6.92 Å². The van der Waals surface area contributed by atoms with Crippen LogP contribution in [0.25, 0.3) is 0 Å². The highest BCUT2D eigenvalue weighted by atomic mass is 16.7. The largest absolute Gasteiger partial charge is 0.481 e. The second-order valence-corrected chi connectivity index (χ2v) is 11.7. The van der Waals surface area contributed by atoms with Gasteiger partial charge in [-0.05, 0) is 70.1 Å². The smallest absolute Gasteiger partial charge is 0.306 e. The predicted octanol–water partition coefficient (Wildman–Crippen LogP) is 6.84. The first-order chi connectivity index (χ1) is 18.9. The molecule has 1 aliphatic carbocycles. The van der Waals surface area contributed by atoms with E-state index in [1.807, 2.05) is 12.2 Å². The van der Waals surface area contributed by atoms with Gasteiger partial charge in [0.15, 0.2) is 12.6 Å². The number of ketones is 1. The molecule has 3 fully saturated rings. The number of unbranched alkanes of at least 4 members (excludes halogenated alkanes) is 1. The van der Waals surface area contributed by atoms with E-state index in [-0.39, 0.29) is 48.3 Å². The fraction of sp³-hybridized carbons (Fsp3) is 0.812. The van der Waals surface area contributed by atoms with E-state index in [9.17, 15) is 9.59 Å². The highest BCUT2D eigenvalue weighted by Crippen LogP contribution is 2.37. The van der Waals surface area contributed by atoms with E-state index in [1.165, 1.54) is 0 Å². The first-order valence-corrected chi connectivity index (χ1v) is 15.5. The summed E-state index contributed by atoms with van der Waals surface area (Å²) in [5, 5.41) is 9.12. The number of carbonyl (C=O) groups is 2. The molecule has 8 atom stereocenters. The summed E-state index contributed by atoms with van der Waals surface area (Å²) in [5.74, 6) is -0.789. The third-order valence-corrected chi connectivity index (χ3v) is 8.46. The van der Waals surface area contributed by atoms with Crippen molar-refractivity contribution in [3.8, 4) is 0 Å². The lowest BCUT2D eigenvalue weighted by atomic mass is 9.88. The van der Waals surface area contributed by atoms with E-state index in [2.05, 4.69) is 26.0 Å². The maximum Gasteiger partial charge on any atom is 0.306 e. The molecule has 3 rings (SSSR count). The number of rotatable bonds is 16. The Labute approximate surface area is 235 Å². The number of allylic oxidation sites excluding steroid dienone is 2. The molecule has 1 saturated carbocycles. The molecule has 4 unspecified atom stereocenters. The van der Waals surface area contributed by atoms with Crippen molar-refractivity contribution < 1.29 is 33.6 Å². The minimum absolute atomic E-state index is 0.0534. The molecule has 3 aliphatic rings. The number of Topliss-reactive ketones (excluding diaryl/α,β-unsaturated/α-hetero) is 1. The summed E-state index contributed by atoms with van der Waals surface area (Å²) in [7, 11) is 0. The van der Waals surface area contributed by atoms with Crippen molar-refractivity contribution >= 4 is 11.8 Å². The van der Waals surface area contributed by atoms with Gasteiger partial charge in [0.1, 0.15) is 5.78 Å². The van der Waals surface area contributed by atoms with E-state index in [0.29, 0.717) is 38.2 Å². The number of carbonyl (C=O) groups excluding carboxylic acids is 1. The SMILES string of the molecule is CCCCC(C)[C@@H](/C=C/[C@H]1[C@H](OC2CCCCO2)CC(=O)[C@@H]1C/C=C\CCC(C)C(=O)O)OC1CCCCO1. The Morgan fingerprint density at radius 2 is 1.77 bits per heavy atom. The van der Waals surface area contributed by atoms with Crippen LogP contribution in [0.4, 0.5) is 0 Å². The lowest BCUT2D eigenvalue weighted by molar-refractivity contribution is -0.193. The Bertz CT molecular complexity index is 781. The first-order valence-electron chi connectivity index (χ1n) is 15.5. The molecular formula is C32H52O7. The molecule has 0 bridgehead atoms. The Kier molecular flexibility index (Phi) is 14.2. The number of ether oxygens (including phenoxy) is 4. The van der Waals surface area contributed by atoms with Crippen LogP contribution in [0.15, 0.2) is 24.3 Å². The van der Waals surface area contributed by atoms with Crippen molar-refractivity contribution in [1.29, 1.82) is 0 Å². The quantitative estimate of drug-likeness (QED) is 0.211. The van der Waals surface area contributed by atoms with Gasteiger partial charge < -0.3 is 24.1 Å². The molecule has 2 saturated heterocycles. The molecule has 0 aromatic rings. The molecule has 0 spiro atoms. The standard InChI is InChI=1S/C32H52O7/c1-4-5-13-23(2)28(38-30-16-9-11-20-36-30)19-18-26-25(15-8-6-7-14-24(3)32(34)35)27(33)22-29(26)39-31-17-10-12-21-37-31/h6,8,18-19,23-26,28-31H,4-5,7,9-17,20-22H2,1-3H3,(H,34,35)/b8-6-,19-18+/t23?,24?,25-,26-,28-,29-,30?,31?/m1/s1.